The van der Waals surface area contributed by atoms with Crippen LogP contribution in [0.5, 0.6) is 17.4 Å². The molecule has 0 radical (unpaired) electrons. The maximum absolute atomic E-state index is 13.1. The van der Waals surface area contributed by atoms with Crippen molar-refractivity contribution >= 4 is 23.6 Å². The van der Waals surface area contributed by atoms with E-state index in [-0.39, 0.29) is 5.91 Å². The van der Waals surface area contributed by atoms with Gasteiger partial charge in [-0.05, 0) is 83.0 Å². The van der Waals surface area contributed by atoms with Crippen LogP contribution in [0.25, 0.3) is 6.08 Å². The normalized spacial score (nSPS) is 13.5. The van der Waals surface area contributed by atoms with Crippen molar-refractivity contribution in [1.82, 2.24) is 14.8 Å². The van der Waals surface area contributed by atoms with Crippen LogP contribution >= 0.6 is 11.6 Å². The Labute approximate surface area is 318 Å². The number of halogens is 1. The molecule has 0 unspecified atom stereocenters. The number of nitrogens with zero attached hydrogens (tertiary/aromatic N) is 3. The zero-order chi connectivity index (χ0) is 37.2. The number of amides is 1. The topological polar surface area (TPSA) is 64.1 Å². The van der Waals surface area contributed by atoms with Crippen LogP contribution in [0, 0.1) is 13.8 Å². The summed E-state index contributed by atoms with van der Waals surface area (Å²) in [6.07, 6.45) is 5.07. The molecule has 6 rings (SSSR count). The van der Waals surface area contributed by atoms with Crippen LogP contribution in [-0.2, 0) is 35.9 Å². The lowest BCUT2D eigenvalue weighted by molar-refractivity contribution is -0.127. The van der Waals surface area contributed by atoms with Gasteiger partial charge in [-0.25, -0.2) is 4.98 Å². The molecule has 1 aliphatic rings. The number of carbonyl (C=O) groups is 1. The van der Waals surface area contributed by atoms with Crippen molar-refractivity contribution in [2.75, 3.05) is 26.2 Å². The van der Waals surface area contributed by atoms with Gasteiger partial charge in [0.1, 0.15) is 12.4 Å². The number of aromatic nitrogens is 1. The van der Waals surface area contributed by atoms with Gasteiger partial charge >= 0.3 is 0 Å². The molecule has 274 valence electrons. The van der Waals surface area contributed by atoms with Crippen LogP contribution in [-0.4, -0.2) is 46.9 Å². The van der Waals surface area contributed by atoms with E-state index in [1.165, 1.54) is 22.3 Å². The van der Waals surface area contributed by atoms with Crippen LogP contribution in [0.1, 0.15) is 64.3 Å². The fraction of sp³-hybridized carbons (Fsp3) is 0.289. The van der Waals surface area contributed by atoms with Gasteiger partial charge in [-0.3, -0.25) is 9.69 Å². The van der Waals surface area contributed by atoms with Gasteiger partial charge in [0.05, 0.1) is 24.4 Å². The van der Waals surface area contributed by atoms with E-state index in [0.29, 0.717) is 61.2 Å². The lowest BCUT2D eigenvalue weighted by Crippen LogP contribution is -2.47. The van der Waals surface area contributed by atoms with Crippen molar-refractivity contribution in [1.29, 1.82) is 0 Å². The number of ether oxygens (including phenoxy) is 3. The van der Waals surface area contributed by atoms with Crippen molar-refractivity contribution < 1.29 is 19.0 Å². The van der Waals surface area contributed by atoms with Crippen LogP contribution in [0.3, 0.4) is 0 Å². The molecule has 53 heavy (non-hydrogen) atoms. The molecule has 7 nitrogen and oxygen atoms in total. The van der Waals surface area contributed by atoms with Crippen LogP contribution < -0.4 is 9.47 Å². The lowest BCUT2D eigenvalue weighted by Gasteiger charge is -2.34. The largest absolute Gasteiger partial charge is 0.487 e. The lowest BCUT2D eigenvalue weighted by atomic mass is 10.0. The summed E-state index contributed by atoms with van der Waals surface area (Å²) in [7, 11) is 0. The predicted molar refractivity (Wildman–Crippen MR) is 212 cm³/mol. The van der Waals surface area contributed by atoms with Crippen LogP contribution in [0.2, 0.25) is 5.02 Å². The molecule has 0 N–H and O–H groups in total. The summed E-state index contributed by atoms with van der Waals surface area (Å²) in [4.78, 5) is 21.8. The quantitative estimate of drug-likeness (QED) is 0.106. The molecule has 1 amide bonds. The summed E-state index contributed by atoms with van der Waals surface area (Å²) in [5.41, 5.74) is 8.93. The third kappa shape index (κ3) is 11.0. The molecular weight excluding hydrogens is 682 g/mol. The first-order chi connectivity index (χ1) is 25.7. The minimum Gasteiger partial charge on any atom is -0.487 e. The van der Waals surface area contributed by atoms with E-state index in [0.717, 1.165) is 41.9 Å². The molecule has 1 fully saturated rings. The summed E-state index contributed by atoms with van der Waals surface area (Å²) < 4.78 is 17.9. The number of hydrogen-bond donors (Lipinski definition) is 0. The number of benzene rings is 4. The second-order valence-corrected chi connectivity index (χ2v) is 14.4. The monoisotopic (exact) mass is 729 g/mol. The smallest absolute Gasteiger partial charge is 0.246 e. The summed E-state index contributed by atoms with van der Waals surface area (Å²) in [5, 5.41) is 0.445. The van der Waals surface area contributed by atoms with Gasteiger partial charge in [-0.15, -0.1) is 0 Å². The van der Waals surface area contributed by atoms with Gasteiger partial charge in [-0.1, -0.05) is 104 Å². The van der Waals surface area contributed by atoms with Gasteiger partial charge < -0.3 is 19.1 Å². The summed E-state index contributed by atoms with van der Waals surface area (Å²) >= 11 is 6.64. The SMILES string of the molecule is Cc1ccc(COc2ccc(Oc3c(C)cc(/C=C/C(=O)N4CCN(Cc5ccc(COCc6ccc(C(C)C)cc6)cc5)CC4)cc3Cl)nc2)cc1. The van der Waals surface area contributed by atoms with Gasteiger partial charge in [-0.2, -0.15) is 0 Å². The number of rotatable bonds is 14. The molecule has 1 saturated heterocycles. The van der Waals surface area contributed by atoms with Crippen molar-refractivity contribution in [2.24, 2.45) is 0 Å². The Morgan fingerprint density at radius 3 is 2.04 bits per heavy atom. The minimum absolute atomic E-state index is 0.00661. The van der Waals surface area contributed by atoms with Crippen LogP contribution in [0.15, 0.2) is 109 Å². The summed E-state index contributed by atoms with van der Waals surface area (Å²) in [6, 6.07) is 32.9. The second kappa shape index (κ2) is 18.2. The van der Waals surface area contributed by atoms with Gasteiger partial charge in [0, 0.05) is 44.9 Å². The van der Waals surface area contributed by atoms with E-state index in [1.807, 2.05) is 30.0 Å². The molecule has 0 aliphatic carbocycles. The minimum atomic E-state index is -0.00661. The molecule has 5 aromatic rings. The molecule has 0 atom stereocenters. The Bertz CT molecular complexity index is 1940. The van der Waals surface area contributed by atoms with Gasteiger partial charge in [0.2, 0.25) is 11.8 Å². The fourth-order valence-electron chi connectivity index (χ4n) is 6.13. The van der Waals surface area contributed by atoms with Crippen molar-refractivity contribution in [3.63, 3.8) is 0 Å². The molecular formula is C45H48ClN3O4. The van der Waals surface area contributed by atoms with Crippen molar-refractivity contribution in [3.05, 3.63) is 159 Å². The molecule has 0 saturated carbocycles. The Morgan fingerprint density at radius 2 is 1.42 bits per heavy atom. The molecule has 0 bridgehead atoms. The first-order valence-corrected chi connectivity index (χ1v) is 18.6. The van der Waals surface area contributed by atoms with Crippen molar-refractivity contribution in [3.8, 4) is 17.4 Å². The molecule has 8 heteroatoms. The molecule has 0 spiro atoms. The van der Waals surface area contributed by atoms with Crippen LogP contribution in [0.4, 0.5) is 0 Å². The van der Waals surface area contributed by atoms with E-state index in [4.69, 9.17) is 25.8 Å². The first-order valence-electron chi connectivity index (χ1n) is 18.2. The predicted octanol–water partition coefficient (Wildman–Crippen LogP) is 9.92. The maximum Gasteiger partial charge on any atom is 0.246 e. The highest BCUT2D eigenvalue weighted by atomic mass is 35.5. The second-order valence-electron chi connectivity index (χ2n) is 14.0. The molecule has 1 aliphatic heterocycles. The fourth-order valence-corrected chi connectivity index (χ4v) is 6.45. The number of piperazine rings is 1. The number of aryl methyl sites for hydroxylation is 2. The number of carbonyl (C=O) groups excluding carboxylic acids is 1. The van der Waals surface area contributed by atoms with E-state index in [2.05, 4.69) is 103 Å². The third-order valence-electron chi connectivity index (χ3n) is 9.41. The number of hydrogen-bond acceptors (Lipinski definition) is 6. The Balaban J connectivity index is 0.922. The standard InChI is InChI=1S/C45H48ClN3O4/c1-32(2)40-16-13-37(14-17-40)30-51-29-36-11-9-35(10-12-36)28-48-21-23-49(24-22-48)44(50)20-15-39-25-34(4)45(42(46)26-39)53-43-19-18-41(27-47-43)52-31-38-7-5-33(3)6-8-38/h5-20,25-27,32H,21-24,28-31H2,1-4H3/b20-15+. The van der Waals surface area contributed by atoms with Gasteiger partial charge in [0.25, 0.3) is 0 Å². The Hall–Kier alpha value is -4.95. The van der Waals surface area contributed by atoms with E-state index in [9.17, 15) is 4.79 Å². The molecule has 2 heterocycles. The highest BCUT2D eigenvalue weighted by Crippen LogP contribution is 2.34. The summed E-state index contributed by atoms with van der Waals surface area (Å²) in [5.74, 6) is 2.12. The van der Waals surface area contributed by atoms with E-state index < -0.39 is 0 Å². The molecule has 1 aromatic heterocycles. The average molecular weight is 730 g/mol. The first kappa shape index (κ1) is 37.8. The van der Waals surface area contributed by atoms with E-state index >= 15 is 0 Å². The number of pyridine rings is 1. The maximum atomic E-state index is 13.1. The third-order valence-corrected chi connectivity index (χ3v) is 9.69. The highest BCUT2D eigenvalue weighted by molar-refractivity contribution is 6.32. The molecule has 4 aromatic carbocycles. The van der Waals surface area contributed by atoms with Gasteiger partial charge in [0.15, 0.2) is 5.75 Å². The Kier molecular flexibility index (Phi) is 13.0. The Morgan fingerprint density at radius 1 is 0.792 bits per heavy atom. The zero-order valence-corrected chi connectivity index (χ0v) is 31.8. The summed E-state index contributed by atoms with van der Waals surface area (Å²) in [6.45, 7) is 13.9. The van der Waals surface area contributed by atoms with E-state index in [1.54, 1.807) is 24.4 Å². The van der Waals surface area contributed by atoms with Crippen molar-refractivity contribution in [2.45, 2.75) is 60.0 Å². The zero-order valence-electron chi connectivity index (χ0n) is 31.1. The highest BCUT2D eigenvalue weighted by Gasteiger charge is 2.20. The average Bonchev–Trinajstić information content (AvgIpc) is 3.17.